The van der Waals surface area contributed by atoms with Gasteiger partial charge in [-0.2, -0.15) is 0 Å². The number of unbranched alkanes of at least 4 members (excludes halogenated alkanes) is 4. The van der Waals surface area contributed by atoms with Gasteiger partial charge in [0, 0.05) is 25.3 Å². The van der Waals surface area contributed by atoms with E-state index in [9.17, 15) is 14.5 Å². The average Bonchev–Trinajstić information content (AvgIpc) is 3.10. The summed E-state index contributed by atoms with van der Waals surface area (Å²) in [7, 11) is -4.80. The van der Waals surface area contributed by atoms with Crippen molar-refractivity contribution in [3.63, 3.8) is 0 Å². The predicted molar refractivity (Wildman–Crippen MR) is 271 cm³/mol. The summed E-state index contributed by atoms with van der Waals surface area (Å²) >= 11 is 0. The minimum atomic E-state index is -4.80. The number of rotatable bonds is 21. The van der Waals surface area contributed by atoms with E-state index in [2.05, 4.69) is 145 Å². The average molecular weight is 936 g/mol. The normalized spacial score (nSPS) is 13.5. The molecule has 0 aliphatic carbocycles. The Morgan fingerprint density at radius 1 is 0.662 bits per heavy atom. The molecule has 10 nitrogen and oxygen atoms in total. The molecule has 0 bridgehead atoms. The fourth-order valence-electron chi connectivity index (χ4n) is 7.26. The van der Waals surface area contributed by atoms with Crippen LogP contribution in [-0.2, 0) is 31.8 Å². The molecule has 0 amide bonds. The first kappa shape index (κ1) is 62.5. The van der Waals surface area contributed by atoms with Crippen LogP contribution in [0.4, 0.5) is 4.79 Å². The largest absolute Gasteiger partial charge is 0.524 e. The standard InChI is InChI=1S/C30H46NO9P.2C12H26/c1-30(2,3)39-29(33)38-28(25-16-17-27(26(21-25)23-32)40-41(34,35)36)22-31-18-10-4-5-11-19-37-20-12-9-15-24-13-7-6-8-14-24;2*1-10(2,3)9-12(7,8)11(4,5)6/h6-8,13-14,16-17,21,28,31-32H,4-5,9-12,15,18-20,22-23H2,1-3H3,(H2,34,35,36);2*9H2,1-8H3. The fraction of sp³-hybridized carbons (Fsp3) is 0.759. The molecule has 2 rings (SSSR count). The number of phosphoric acid groups is 1. The topological polar surface area (TPSA) is 144 Å². The molecule has 4 N–H and O–H groups in total. The van der Waals surface area contributed by atoms with Crippen molar-refractivity contribution in [2.75, 3.05) is 26.3 Å². The molecule has 0 aromatic heterocycles. The minimum Gasteiger partial charge on any atom is -0.429 e. The maximum Gasteiger partial charge on any atom is 0.524 e. The lowest BCUT2D eigenvalue weighted by Gasteiger charge is -2.43. The van der Waals surface area contributed by atoms with Crippen LogP contribution in [0.1, 0.15) is 206 Å². The molecule has 2 aromatic rings. The van der Waals surface area contributed by atoms with E-state index < -0.39 is 32.3 Å². The van der Waals surface area contributed by atoms with Crippen LogP contribution < -0.4 is 9.84 Å². The van der Waals surface area contributed by atoms with Crippen LogP contribution in [0, 0.1) is 32.5 Å². The Hall–Kier alpha value is -2.46. The lowest BCUT2D eigenvalue weighted by Crippen LogP contribution is -2.33. The second-order valence-electron chi connectivity index (χ2n) is 24.6. The molecule has 0 aliphatic heterocycles. The van der Waals surface area contributed by atoms with Gasteiger partial charge in [0.25, 0.3) is 0 Å². The molecule has 0 saturated heterocycles. The molecule has 0 fully saturated rings. The number of phosphoric ester groups is 1. The Morgan fingerprint density at radius 3 is 1.58 bits per heavy atom. The molecule has 2 aromatic carbocycles. The molecule has 1 unspecified atom stereocenters. The molecule has 11 heteroatoms. The molecule has 0 radical (unpaired) electrons. The third-order valence-corrected chi connectivity index (χ3v) is 12.5. The lowest BCUT2D eigenvalue weighted by atomic mass is 9.62. The van der Waals surface area contributed by atoms with Crippen LogP contribution in [0.2, 0.25) is 0 Å². The molecule has 0 spiro atoms. The van der Waals surface area contributed by atoms with Gasteiger partial charge in [-0.25, -0.2) is 9.36 Å². The smallest absolute Gasteiger partial charge is 0.429 e. The van der Waals surface area contributed by atoms with Gasteiger partial charge in [-0.05, 0) is 128 Å². The monoisotopic (exact) mass is 936 g/mol. The van der Waals surface area contributed by atoms with Gasteiger partial charge in [0.1, 0.15) is 17.5 Å². The molecule has 65 heavy (non-hydrogen) atoms. The van der Waals surface area contributed by atoms with Crippen LogP contribution in [-0.4, -0.2) is 53.0 Å². The summed E-state index contributed by atoms with van der Waals surface area (Å²) in [6.45, 7) is 44.6. The van der Waals surface area contributed by atoms with Crippen molar-refractivity contribution in [3.05, 3.63) is 65.2 Å². The summed E-state index contributed by atoms with van der Waals surface area (Å²) in [4.78, 5) is 30.6. The van der Waals surface area contributed by atoms with Crippen molar-refractivity contribution in [2.45, 2.75) is 208 Å². The Kier molecular flexibility index (Phi) is 26.5. The lowest BCUT2D eigenvalue weighted by molar-refractivity contribution is -0.0272. The van der Waals surface area contributed by atoms with Crippen LogP contribution >= 0.6 is 7.82 Å². The molecule has 0 heterocycles. The second kappa shape index (κ2) is 27.5. The van der Waals surface area contributed by atoms with E-state index in [1.807, 2.05) is 6.07 Å². The summed E-state index contributed by atoms with van der Waals surface area (Å²) in [6.07, 6.45) is 8.27. The van der Waals surface area contributed by atoms with Crippen molar-refractivity contribution < 1.29 is 43.0 Å². The number of aryl methyl sites for hydroxylation is 1. The van der Waals surface area contributed by atoms with Crippen molar-refractivity contribution >= 4 is 14.0 Å². The highest BCUT2D eigenvalue weighted by Gasteiger charge is 2.37. The number of nitrogens with one attached hydrogen (secondary N) is 1. The first-order valence-electron chi connectivity index (χ1n) is 24.1. The third-order valence-electron chi connectivity index (χ3n) is 12.0. The number of carbonyl (C=O) groups excluding carboxylic acids is 1. The molecule has 378 valence electrons. The zero-order chi connectivity index (χ0) is 50.6. The predicted octanol–water partition coefficient (Wildman–Crippen LogP) is 14.8. The van der Waals surface area contributed by atoms with Gasteiger partial charge in [-0.3, -0.25) is 9.79 Å². The number of hydrogen-bond donors (Lipinski definition) is 4. The molecule has 0 aliphatic rings. The van der Waals surface area contributed by atoms with E-state index in [0.717, 1.165) is 58.2 Å². The number of benzene rings is 2. The summed E-state index contributed by atoms with van der Waals surface area (Å²) in [5.74, 6) is -0.148. The van der Waals surface area contributed by atoms with Gasteiger partial charge in [0.05, 0.1) is 6.61 Å². The molecule has 0 saturated carbocycles. The Morgan fingerprint density at radius 2 is 1.15 bits per heavy atom. The summed E-state index contributed by atoms with van der Waals surface area (Å²) < 4.78 is 32.5. The van der Waals surface area contributed by atoms with E-state index in [4.69, 9.17) is 24.0 Å². The SMILES string of the molecule is CC(C)(C)CC(C)(C)C(C)(C)C.CC(C)(C)CC(C)(C)C(C)(C)C.CC(C)(C)OC(=O)OC(CNCCCCCCOCCCCc1ccccc1)c1ccc(OP(=O)(O)O)c(CO)c1. The maximum absolute atomic E-state index is 12.4. The van der Waals surface area contributed by atoms with Crippen LogP contribution in [0.15, 0.2) is 48.5 Å². The van der Waals surface area contributed by atoms with Crippen LogP contribution in [0.3, 0.4) is 0 Å². The van der Waals surface area contributed by atoms with Gasteiger partial charge in [0.2, 0.25) is 0 Å². The van der Waals surface area contributed by atoms with E-state index in [1.54, 1.807) is 20.8 Å². The van der Waals surface area contributed by atoms with E-state index in [1.165, 1.54) is 36.6 Å². The number of aliphatic hydroxyl groups excluding tert-OH is 1. The van der Waals surface area contributed by atoms with Crippen molar-refractivity contribution in [1.29, 1.82) is 0 Å². The van der Waals surface area contributed by atoms with E-state index >= 15 is 0 Å². The second-order valence-corrected chi connectivity index (χ2v) is 25.8. The van der Waals surface area contributed by atoms with Gasteiger partial charge in [-0.1, -0.05) is 160 Å². The summed E-state index contributed by atoms with van der Waals surface area (Å²) in [5, 5.41) is 13.0. The number of ether oxygens (including phenoxy) is 3. The quantitative estimate of drug-likeness (QED) is 0.0542. The van der Waals surface area contributed by atoms with Gasteiger partial charge < -0.3 is 29.2 Å². The van der Waals surface area contributed by atoms with Crippen molar-refractivity contribution in [1.82, 2.24) is 5.32 Å². The van der Waals surface area contributed by atoms with E-state index in [0.29, 0.717) is 44.6 Å². The van der Waals surface area contributed by atoms with Crippen molar-refractivity contribution in [2.24, 2.45) is 32.5 Å². The summed E-state index contributed by atoms with van der Waals surface area (Å²) in [6, 6.07) is 14.8. The Labute approximate surface area is 398 Å². The van der Waals surface area contributed by atoms with Gasteiger partial charge >= 0.3 is 14.0 Å². The van der Waals surface area contributed by atoms with Gasteiger partial charge in [-0.15, -0.1) is 0 Å². The van der Waals surface area contributed by atoms with E-state index in [-0.39, 0.29) is 17.9 Å². The fourth-order valence-corrected chi connectivity index (χ4v) is 7.70. The molecule has 1 atom stereocenters. The minimum absolute atomic E-state index is 0.148. The highest BCUT2D eigenvalue weighted by Crippen LogP contribution is 2.47. The number of aliphatic hydroxyl groups is 1. The maximum atomic E-state index is 12.4. The van der Waals surface area contributed by atoms with Crippen LogP contribution in [0.5, 0.6) is 5.75 Å². The van der Waals surface area contributed by atoms with Crippen molar-refractivity contribution in [3.8, 4) is 5.75 Å². The number of hydrogen-bond acceptors (Lipinski definition) is 8. The zero-order valence-corrected chi connectivity index (χ0v) is 45.7. The Bertz CT molecular complexity index is 1610. The highest BCUT2D eigenvalue weighted by molar-refractivity contribution is 7.46. The summed E-state index contributed by atoms with van der Waals surface area (Å²) in [5.41, 5.74) is 3.83. The number of carbonyl (C=O) groups is 1. The van der Waals surface area contributed by atoms with Crippen LogP contribution in [0.25, 0.3) is 0 Å². The molecular weight excluding hydrogens is 838 g/mol. The molecular formula is C54H98NO9P. The third kappa shape index (κ3) is 30.5. The van der Waals surface area contributed by atoms with Gasteiger partial charge in [0.15, 0.2) is 0 Å². The highest BCUT2D eigenvalue weighted by atomic mass is 31.2. The first-order chi connectivity index (χ1) is 29.4. The first-order valence-corrected chi connectivity index (χ1v) is 25.6. The Balaban J connectivity index is 0.00000139. The zero-order valence-electron chi connectivity index (χ0n) is 44.8.